The second-order valence-corrected chi connectivity index (χ2v) is 5.25. The zero-order chi connectivity index (χ0) is 15.2. The number of aryl methyl sites for hydroxylation is 1. The van der Waals surface area contributed by atoms with Crippen molar-refractivity contribution in [3.63, 3.8) is 0 Å². The number of aliphatic carboxylic acids is 1. The van der Waals surface area contributed by atoms with Crippen molar-refractivity contribution in [1.82, 2.24) is 5.32 Å². The Morgan fingerprint density at radius 2 is 1.85 bits per heavy atom. The van der Waals surface area contributed by atoms with Gasteiger partial charge in [0.2, 0.25) is 0 Å². The Morgan fingerprint density at radius 1 is 1.25 bits per heavy atom. The van der Waals surface area contributed by atoms with Gasteiger partial charge in [0, 0.05) is 6.54 Å². The summed E-state index contributed by atoms with van der Waals surface area (Å²) >= 11 is 0. The average Bonchev–Trinajstić information content (AvgIpc) is 2.43. The van der Waals surface area contributed by atoms with E-state index in [9.17, 15) is 9.59 Å². The van der Waals surface area contributed by atoms with Crippen LogP contribution in [0.5, 0.6) is 5.75 Å². The molecule has 0 saturated heterocycles. The van der Waals surface area contributed by atoms with Gasteiger partial charge in [0.05, 0.1) is 5.41 Å². The van der Waals surface area contributed by atoms with Gasteiger partial charge in [0.1, 0.15) is 5.75 Å². The summed E-state index contributed by atoms with van der Waals surface area (Å²) in [6.07, 6.45) is 0.949. The smallest absolute Gasteiger partial charge is 0.310 e. The molecular formula is C15H21NO4. The summed E-state index contributed by atoms with van der Waals surface area (Å²) in [7, 11) is 0. The highest BCUT2D eigenvalue weighted by Gasteiger charge is 2.27. The van der Waals surface area contributed by atoms with Crippen LogP contribution in [0, 0.1) is 5.41 Å². The third kappa shape index (κ3) is 4.91. The lowest BCUT2D eigenvalue weighted by Crippen LogP contribution is -2.40. The average molecular weight is 279 g/mol. The summed E-state index contributed by atoms with van der Waals surface area (Å²) in [6.45, 7) is 5.12. The number of rotatable bonds is 7. The Kier molecular flexibility index (Phi) is 5.55. The van der Waals surface area contributed by atoms with Crippen molar-refractivity contribution < 1.29 is 19.4 Å². The van der Waals surface area contributed by atoms with Gasteiger partial charge in [0.25, 0.3) is 5.91 Å². The standard InChI is InChI=1S/C15H21NO4/c1-4-11-5-7-12(8-6-11)20-9-13(17)16-10-15(2,3)14(18)19/h5-8H,4,9-10H2,1-3H3,(H,16,17)(H,18,19). The molecule has 110 valence electrons. The van der Waals surface area contributed by atoms with Gasteiger partial charge in [-0.2, -0.15) is 0 Å². The molecule has 1 aromatic carbocycles. The molecule has 1 rings (SSSR count). The maximum Gasteiger partial charge on any atom is 0.310 e. The molecule has 1 aromatic rings. The van der Waals surface area contributed by atoms with E-state index < -0.39 is 11.4 Å². The molecule has 0 unspecified atom stereocenters. The Hall–Kier alpha value is -2.04. The van der Waals surface area contributed by atoms with E-state index in [1.54, 1.807) is 13.8 Å². The van der Waals surface area contributed by atoms with Gasteiger partial charge < -0.3 is 15.2 Å². The van der Waals surface area contributed by atoms with Gasteiger partial charge in [-0.3, -0.25) is 9.59 Å². The first-order chi connectivity index (χ1) is 9.35. The predicted molar refractivity (Wildman–Crippen MR) is 75.7 cm³/mol. The van der Waals surface area contributed by atoms with E-state index in [-0.39, 0.29) is 19.1 Å². The molecule has 0 aromatic heterocycles. The highest BCUT2D eigenvalue weighted by atomic mass is 16.5. The molecule has 5 heteroatoms. The number of nitrogens with one attached hydrogen (secondary N) is 1. The molecule has 0 aliphatic rings. The fourth-order valence-corrected chi connectivity index (χ4v) is 1.42. The monoisotopic (exact) mass is 279 g/mol. The maximum atomic E-state index is 11.6. The second kappa shape index (κ2) is 6.93. The molecule has 0 bridgehead atoms. The van der Waals surface area contributed by atoms with Crippen molar-refractivity contribution in [1.29, 1.82) is 0 Å². The number of carboxylic acids is 1. The molecule has 0 heterocycles. The van der Waals surface area contributed by atoms with Crippen LogP contribution in [0.2, 0.25) is 0 Å². The van der Waals surface area contributed by atoms with Crippen LogP contribution >= 0.6 is 0 Å². The second-order valence-electron chi connectivity index (χ2n) is 5.25. The van der Waals surface area contributed by atoms with E-state index in [1.165, 1.54) is 5.56 Å². The largest absolute Gasteiger partial charge is 0.484 e. The van der Waals surface area contributed by atoms with Gasteiger partial charge in [-0.05, 0) is 38.0 Å². The van der Waals surface area contributed by atoms with E-state index in [1.807, 2.05) is 24.3 Å². The van der Waals surface area contributed by atoms with Crippen LogP contribution in [0.25, 0.3) is 0 Å². The quantitative estimate of drug-likeness (QED) is 0.798. The Morgan fingerprint density at radius 3 is 2.35 bits per heavy atom. The van der Waals surface area contributed by atoms with E-state index in [0.717, 1.165) is 6.42 Å². The first kappa shape index (κ1) is 16.0. The van der Waals surface area contributed by atoms with Crippen molar-refractivity contribution in [2.75, 3.05) is 13.2 Å². The summed E-state index contributed by atoms with van der Waals surface area (Å²) in [5.41, 5.74) is 0.211. The molecule has 0 spiro atoms. The van der Waals surface area contributed by atoms with E-state index >= 15 is 0 Å². The third-order valence-electron chi connectivity index (χ3n) is 3.01. The van der Waals surface area contributed by atoms with E-state index in [0.29, 0.717) is 5.75 Å². The lowest BCUT2D eigenvalue weighted by atomic mass is 9.94. The predicted octanol–water partition coefficient (Wildman–Crippen LogP) is 1.85. The first-order valence-electron chi connectivity index (χ1n) is 6.57. The summed E-state index contributed by atoms with van der Waals surface area (Å²) in [5, 5.41) is 11.5. The molecule has 2 N–H and O–H groups in total. The molecule has 1 amide bonds. The number of ether oxygens (including phenoxy) is 1. The van der Waals surface area contributed by atoms with Crippen LogP contribution in [0.1, 0.15) is 26.3 Å². The Bertz CT molecular complexity index is 465. The normalized spacial score (nSPS) is 10.9. The topological polar surface area (TPSA) is 75.6 Å². The SMILES string of the molecule is CCc1ccc(OCC(=O)NCC(C)(C)C(=O)O)cc1. The number of benzene rings is 1. The fraction of sp³-hybridized carbons (Fsp3) is 0.467. The summed E-state index contributed by atoms with van der Waals surface area (Å²) in [5.74, 6) is -0.664. The third-order valence-corrected chi connectivity index (χ3v) is 3.01. The molecule has 0 fully saturated rings. The van der Waals surface area contributed by atoms with Crippen molar-refractivity contribution in [2.45, 2.75) is 27.2 Å². The molecule has 0 radical (unpaired) electrons. The minimum atomic E-state index is -0.988. The highest BCUT2D eigenvalue weighted by molar-refractivity contribution is 5.79. The van der Waals surface area contributed by atoms with Crippen molar-refractivity contribution >= 4 is 11.9 Å². The van der Waals surface area contributed by atoms with Gasteiger partial charge in [-0.25, -0.2) is 0 Å². The number of carbonyl (C=O) groups excluding carboxylic acids is 1. The molecule has 20 heavy (non-hydrogen) atoms. The Balaban J connectivity index is 2.38. The van der Waals surface area contributed by atoms with Crippen LogP contribution in [-0.2, 0) is 16.0 Å². The molecule has 5 nitrogen and oxygen atoms in total. The molecule has 0 saturated carbocycles. The lowest BCUT2D eigenvalue weighted by molar-refractivity contribution is -0.146. The molecule has 0 aliphatic carbocycles. The van der Waals surface area contributed by atoms with Gasteiger partial charge in [0.15, 0.2) is 6.61 Å². The highest BCUT2D eigenvalue weighted by Crippen LogP contribution is 2.14. The van der Waals surface area contributed by atoms with Crippen LogP contribution in [0.15, 0.2) is 24.3 Å². The fourth-order valence-electron chi connectivity index (χ4n) is 1.42. The summed E-state index contributed by atoms with van der Waals surface area (Å²) in [4.78, 5) is 22.5. The van der Waals surface area contributed by atoms with Crippen molar-refractivity contribution in [2.24, 2.45) is 5.41 Å². The van der Waals surface area contributed by atoms with E-state index in [4.69, 9.17) is 9.84 Å². The summed E-state index contributed by atoms with van der Waals surface area (Å²) < 4.78 is 5.33. The van der Waals surface area contributed by atoms with E-state index in [2.05, 4.69) is 12.2 Å². The number of hydrogen-bond donors (Lipinski definition) is 2. The number of carboxylic acid groups (broad SMARTS) is 1. The number of carbonyl (C=O) groups is 2. The van der Waals surface area contributed by atoms with Gasteiger partial charge in [-0.15, -0.1) is 0 Å². The van der Waals surface area contributed by atoms with Crippen LogP contribution in [0.4, 0.5) is 0 Å². The summed E-state index contributed by atoms with van der Waals surface area (Å²) in [6, 6.07) is 7.52. The van der Waals surface area contributed by atoms with Crippen LogP contribution in [0.3, 0.4) is 0 Å². The van der Waals surface area contributed by atoms with Crippen LogP contribution in [-0.4, -0.2) is 30.1 Å². The minimum absolute atomic E-state index is 0.0687. The lowest BCUT2D eigenvalue weighted by Gasteiger charge is -2.19. The molecular weight excluding hydrogens is 258 g/mol. The van der Waals surface area contributed by atoms with Crippen molar-refractivity contribution in [3.8, 4) is 5.75 Å². The minimum Gasteiger partial charge on any atom is -0.484 e. The van der Waals surface area contributed by atoms with Crippen LogP contribution < -0.4 is 10.1 Å². The number of amides is 1. The van der Waals surface area contributed by atoms with Crippen molar-refractivity contribution in [3.05, 3.63) is 29.8 Å². The van der Waals surface area contributed by atoms with Gasteiger partial charge in [-0.1, -0.05) is 19.1 Å². The molecule has 0 aliphatic heterocycles. The molecule has 0 atom stereocenters. The number of hydrogen-bond acceptors (Lipinski definition) is 3. The maximum absolute atomic E-state index is 11.6. The zero-order valence-electron chi connectivity index (χ0n) is 12.1. The Labute approximate surface area is 118 Å². The first-order valence-corrected chi connectivity index (χ1v) is 6.57. The zero-order valence-corrected chi connectivity index (χ0v) is 12.1. The van der Waals surface area contributed by atoms with Gasteiger partial charge >= 0.3 is 5.97 Å².